The Morgan fingerprint density at radius 2 is 2.00 bits per heavy atom. The minimum absolute atomic E-state index is 0.0141. The first-order valence-electron chi connectivity index (χ1n) is 11.9. The number of rotatable bonds is 7. The lowest BCUT2D eigenvalue weighted by atomic mass is 10.0. The van der Waals surface area contributed by atoms with E-state index in [1.54, 1.807) is 4.68 Å². The molecule has 188 valence electrons. The molecule has 0 atom stereocenters. The van der Waals surface area contributed by atoms with Gasteiger partial charge in [0.15, 0.2) is 11.6 Å². The van der Waals surface area contributed by atoms with E-state index in [4.69, 9.17) is 20.9 Å². The van der Waals surface area contributed by atoms with E-state index in [1.807, 2.05) is 48.5 Å². The van der Waals surface area contributed by atoms with E-state index in [1.165, 1.54) is 11.3 Å². The molecular formula is C25H27ClN6O3S. The van der Waals surface area contributed by atoms with E-state index in [0.29, 0.717) is 34.2 Å². The van der Waals surface area contributed by atoms with Gasteiger partial charge in [-0.25, -0.2) is 9.48 Å². The number of carbonyl (C=O) groups excluding carboxylic acids is 1. The smallest absolute Gasteiger partial charge is 0.373 e. The average molecular weight is 527 g/mol. The Hall–Kier alpha value is -3.21. The van der Waals surface area contributed by atoms with Crippen LogP contribution in [-0.2, 0) is 6.54 Å². The molecule has 3 aromatic heterocycles. The van der Waals surface area contributed by atoms with Crippen molar-refractivity contribution < 1.29 is 14.1 Å². The van der Waals surface area contributed by atoms with Crippen molar-refractivity contribution in [3.8, 4) is 28.0 Å². The zero-order chi connectivity index (χ0) is 25.1. The number of carbonyl (C=O) groups is 1. The van der Waals surface area contributed by atoms with Crippen LogP contribution in [0.25, 0.3) is 22.0 Å². The van der Waals surface area contributed by atoms with Gasteiger partial charge in [0.05, 0.1) is 15.8 Å². The second-order valence-corrected chi connectivity index (χ2v) is 10.7. The van der Waals surface area contributed by atoms with Crippen LogP contribution in [0.5, 0.6) is 6.01 Å². The first-order valence-corrected chi connectivity index (χ1v) is 13.1. The van der Waals surface area contributed by atoms with Crippen molar-refractivity contribution in [1.29, 1.82) is 0 Å². The maximum absolute atomic E-state index is 12.6. The summed E-state index contributed by atoms with van der Waals surface area (Å²) in [4.78, 5) is 20.4. The second kappa shape index (κ2) is 10.8. The molecule has 1 saturated heterocycles. The molecule has 4 aromatic rings. The molecule has 0 spiro atoms. The van der Waals surface area contributed by atoms with Gasteiger partial charge in [0.2, 0.25) is 0 Å². The molecule has 0 aliphatic carbocycles. The number of amides is 1. The fourth-order valence-corrected chi connectivity index (χ4v) is 5.21. The molecule has 1 aromatic carbocycles. The van der Waals surface area contributed by atoms with Gasteiger partial charge in [0.25, 0.3) is 0 Å². The molecule has 4 heterocycles. The molecule has 1 N–H and O–H groups in total. The van der Waals surface area contributed by atoms with E-state index in [9.17, 15) is 4.79 Å². The Morgan fingerprint density at radius 1 is 1.22 bits per heavy atom. The standard InChI is InChI=1S/C25H27ClN6O3S/c1-16(2)31-12-10-18(11-13-31)27-25(33)34-24-28-23(17-6-4-3-5-7-17)32(29-24)15-19-14-20(35-30-19)21-8-9-22(26)36-21/h3-9,14,16,18H,10-13,15H2,1-2H3,(H,27,33). The molecular weight excluding hydrogens is 500 g/mol. The minimum atomic E-state index is -0.548. The highest BCUT2D eigenvalue weighted by atomic mass is 35.5. The van der Waals surface area contributed by atoms with Crippen molar-refractivity contribution in [1.82, 2.24) is 30.1 Å². The van der Waals surface area contributed by atoms with Gasteiger partial charge in [-0.3, -0.25) is 0 Å². The third-order valence-corrected chi connectivity index (χ3v) is 7.38. The van der Waals surface area contributed by atoms with Gasteiger partial charge >= 0.3 is 12.1 Å². The summed E-state index contributed by atoms with van der Waals surface area (Å²) >= 11 is 7.46. The van der Waals surface area contributed by atoms with Gasteiger partial charge in [-0.15, -0.1) is 16.4 Å². The minimum Gasteiger partial charge on any atom is -0.373 e. The fraction of sp³-hybridized carbons (Fsp3) is 0.360. The second-order valence-electron chi connectivity index (χ2n) is 8.97. The highest BCUT2D eigenvalue weighted by Crippen LogP contribution is 2.31. The highest BCUT2D eigenvalue weighted by molar-refractivity contribution is 7.19. The van der Waals surface area contributed by atoms with Crippen molar-refractivity contribution in [3.63, 3.8) is 0 Å². The maximum atomic E-state index is 12.6. The summed E-state index contributed by atoms with van der Waals surface area (Å²) in [7, 11) is 0. The van der Waals surface area contributed by atoms with Gasteiger partial charge < -0.3 is 19.5 Å². The van der Waals surface area contributed by atoms with Crippen LogP contribution in [0.3, 0.4) is 0 Å². The molecule has 1 aliphatic heterocycles. The number of hydrogen-bond donors (Lipinski definition) is 1. The number of thiophene rings is 1. The van der Waals surface area contributed by atoms with Crippen LogP contribution >= 0.6 is 22.9 Å². The number of piperidine rings is 1. The van der Waals surface area contributed by atoms with Crippen LogP contribution in [0.2, 0.25) is 4.34 Å². The van der Waals surface area contributed by atoms with Crippen LogP contribution in [0.4, 0.5) is 4.79 Å². The number of benzene rings is 1. The molecule has 9 nitrogen and oxygen atoms in total. The lowest BCUT2D eigenvalue weighted by Crippen LogP contribution is -2.47. The van der Waals surface area contributed by atoms with Crippen molar-refractivity contribution in [3.05, 3.63) is 58.6 Å². The quantitative estimate of drug-likeness (QED) is 0.348. The predicted octanol–water partition coefficient (Wildman–Crippen LogP) is 5.32. The fourth-order valence-electron chi connectivity index (χ4n) is 4.22. The zero-order valence-corrected chi connectivity index (χ0v) is 21.6. The van der Waals surface area contributed by atoms with Gasteiger partial charge in [-0.05, 0) is 38.8 Å². The maximum Gasteiger partial charge on any atom is 0.415 e. The van der Waals surface area contributed by atoms with Crippen LogP contribution in [0, 0.1) is 0 Å². The molecule has 0 bridgehead atoms. The third-order valence-electron chi connectivity index (χ3n) is 6.14. The van der Waals surface area contributed by atoms with Crippen LogP contribution in [-0.4, -0.2) is 56.1 Å². The molecule has 5 rings (SSSR count). The number of nitrogens with zero attached hydrogens (tertiary/aromatic N) is 5. The number of hydrogen-bond acceptors (Lipinski definition) is 8. The Morgan fingerprint density at radius 3 is 2.69 bits per heavy atom. The van der Waals surface area contributed by atoms with E-state index in [2.05, 4.69) is 39.3 Å². The van der Waals surface area contributed by atoms with Gasteiger partial charge in [-0.1, -0.05) is 47.1 Å². The summed E-state index contributed by atoms with van der Waals surface area (Å²) in [5.41, 5.74) is 1.50. The molecule has 0 radical (unpaired) electrons. The zero-order valence-electron chi connectivity index (χ0n) is 20.1. The molecule has 1 aliphatic rings. The van der Waals surface area contributed by atoms with Crippen LogP contribution in [0.1, 0.15) is 32.4 Å². The molecule has 0 unspecified atom stereocenters. The SMILES string of the molecule is CC(C)N1CCC(NC(=O)Oc2nc(-c3ccccc3)n(Cc3cc(-c4ccc(Cl)s4)on3)n2)CC1. The number of likely N-dealkylation sites (tertiary alicyclic amines) is 1. The number of halogens is 1. The normalized spacial score (nSPS) is 14.9. The van der Waals surface area contributed by atoms with Gasteiger partial charge in [0, 0.05) is 36.8 Å². The highest BCUT2D eigenvalue weighted by Gasteiger charge is 2.24. The largest absolute Gasteiger partial charge is 0.415 e. The predicted molar refractivity (Wildman–Crippen MR) is 138 cm³/mol. The Kier molecular flexibility index (Phi) is 7.35. The average Bonchev–Trinajstić information content (AvgIpc) is 3.60. The number of nitrogens with one attached hydrogen (secondary N) is 1. The first kappa shape index (κ1) is 24.5. The van der Waals surface area contributed by atoms with Crippen LogP contribution in [0.15, 0.2) is 53.1 Å². The summed E-state index contributed by atoms with van der Waals surface area (Å²) in [6, 6.07) is 15.7. The molecule has 0 saturated carbocycles. The Bertz CT molecular complexity index is 1310. The van der Waals surface area contributed by atoms with E-state index in [-0.39, 0.29) is 12.1 Å². The van der Waals surface area contributed by atoms with Crippen LogP contribution < -0.4 is 10.1 Å². The molecule has 1 fully saturated rings. The lowest BCUT2D eigenvalue weighted by Gasteiger charge is -2.34. The molecule has 36 heavy (non-hydrogen) atoms. The summed E-state index contributed by atoms with van der Waals surface area (Å²) < 4.78 is 13.3. The lowest BCUT2D eigenvalue weighted by molar-refractivity contribution is 0.151. The third kappa shape index (κ3) is 5.77. The van der Waals surface area contributed by atoms with Crippen molar-refractivity contribution >= 4 is 29.0 Å². The molecule has 11 heteroatoms. The van der Waals surface area contributed by atoms with Crippen molar-refractivity contribution in [2.75, 3.05) is 13.1 Å². The van der Waals surface area contributed by atoms with E-state index < -0.39 is 6.09 Å². The number of aromatic nitrogens is 4. The Balaban J connectivity index is 1.30. The first-order chi connectivity index (χ1) is 17.4. The summed E-state index contributed by atoms with van der Waals surface area (Å²) in [6.07, 6.45) is 1.22. The summed E-state index contributed by atoms with van der Waals surface area (Å²) in [6.45, 7) is 6.56. The van der Waals surface area contributed by atoms with Crippen molar-refractivity contribution in [2.24, 2.45) is 0 Å². The monoisotopic (exact) mass is 526 g/mol. The molecule has 1 amide bonds. The van der Waals surface area contributed by atoms with Gasteiger partial charge in [0.1, 0.15) is 5.69 Å². The number of ether oxygens (including phenoxy) is 1. The summed E-state index contributed by atoms with van der Waals surface area (Å²) in [5.74, 6) is 1.19. The van der Waals surface area contributed by atoms with E-state index >= 15 is 0 Å². The topological polar surface area (TPSA) is 98.3 Å². The van der Waals surface area contributed by atoms with Crippen molar-refractivity contribution in [2.45, 2.75) is 45.3 Å². The summed E-state index contributed by atoms with van der Waals surface area (Å²) in [5, 5.41) is 11.6. The van der Waals surface area contributed by atoms with E-state index in [0.717, 1.165) is 36.4 Å². The van der Waals surface area contributed by atoms with Gasteiger partial charge in [-0.2, -0.15) is 4.98 Å². The Labute approximate surface area is 218 Å².